The molecular weight excluding hydrogens is 226 g/mol. The molecule has 0 saturated heterocycles. The van der Waals surface area contributed by atoms with Crippen molar-refractivity contribution in [2.45, 2.75) is 31.7 Å². The number of nitrogens with two attached hydrogens (primary N) is 1. The molecule has 4 nitrogen and oxygen atoms in total. The van der Waals surface area contributed by atoms with Crippen LogP contribution in [0.15, 0.2) is 28.7 Å². The first-order valence-electron chi connectivity index (χ1n) is 6.66. The number of oxazole rings is 1. The first-order valence-corrected chi connectivity index (χ1v) is 6.66. The lowest BCUT2D eigenvalue weighted by atomic mass is 9.86. The van der Waals surface area contributed by atoms with Crippen molar-refractivity contribution in [2.24, 2.45) is 11.7 Å². The van der Waals surface area contributed by atoms with E-state index in [-0.39, 0.29) is 0 Å². The van der Waals surface area contributed by atoms with Crippen LogP contribution in [0.2, 0.25) is 0 Å². The predicted octanol–water partition coefficient (Wildman–Crippen LogP) is 2.76. The summed E-state index contributed by atoms with van der Waals surface area (Å²) in [5.74, 6) is 0.694. The van der Waals surface area contributed by atoms with Crippen LogP contribution in [-0.4, -0.2) is 17.6 Å². The molecule has 0 radical (unpaired) electrons. The SMILES string of the molecule is NC1CCC(CNc2nc3ccccc3o2)CC1. The van der Waals surface area contributed by atoms with Crippen molar-refractivity contribution in [3.8, 4) is 0 Å². The average molecular weight is 245 g/mol. The molecule has 1 aromatic heterocycles. The molecule has 3 rings (SSSR count). The highest BCUT2D eigenvalue weighted by Crippen LogP contribution is 2.24. The van der Waals surface area contributed by atoms with Gasteiger partial charge >= 0.3 is 0 Å². The summed E-state index contributed by atoms with van der Waals surface area (Å²) in [7, 11) is 0. The summed E-state index contributed by atoms with van der Waals surface area (Å²) in [6.45, 7) is 0.930. The minimum absolute atomic E-state index is 0.408. The number of hydrogen-bond acceptors (Lipinski definition) is 4. The molecule has 0 bridgehead atoms. The van der Waals surface area contributed by atoms with Crippen molar-refractivity contribution in [1.29, 1.82) is 0 Å². The Bertz CT molecular complexity index is 481. The van der Waals surface area contributed by atoms with Crippen molar-refractivity contribution < 1.29 is 4.42 Å². The van der Waals surface area contributed by atoms with Crippen LogP contribution in [0.3, 0.4) is 0 Å². The maximum atomic E-state index is 5.90. The quantitative estimate of drug-likeness (QED) is 0.872. The first kappa shape index (κ1) is 11.5. The van der Waals surface area contributed by atoms with Crippen LogP contribution in [0.1, 0.15) is 25.7 Å². The van der Waals surface area contributed by atoms with Gasteiger partial charge in [-0.15, -0.1) is 0 Å². The lowest BCUT2D eigenvalue weighted by Gasteiger charge is -2.25. The number of para-hydroxylation sites is 2. The smallest absolute Gasteiger partial charge is 0.295 e. The largest absolute Gasteiger partial charge is 0.424 e. The molecule has 1 heterocycles. The van der Waals surface area contributed by atoms with Gasteiger partial charge in [0, 0.05) is 12.6 Å². The topological polar surface area (TPSA) is 64.1 Å². The summed E-state index contributed by atoms with van der Waals surface area (Å²) < 4.78 is 5.63. The van der Waals surface area contributed by atoms with Gasteiger partial charge < -0.3 is 15.5 Å². The molecule has 0 unspecified atom stereocenters. The molecule has 1 aromatic carbocycles. The van der Waals surface area contributed by atoms with Gasteiger partial charge in [0.1, 0.15) is 5.52 Å². The number of benzene rings is 1. The van der Waals surface area contributed by atoms with E-state index >= 15 is 0 Å². The number of fused-ring (bicyclic) bond motifs is 1. The highest BCUT2D eigenvalue weighted by Gasteiger charge is 2.18. The van der Waals surface area contributed by atoms with E-state index in [1.165, 1.54) is 12.8 Å². The molecule has 4 heteroatoms. The Kier molecular flexibility index (Phi) is 3.19. The van der Waals surface area contributed by atoms with E-state index in [1.807, 2.05) is 24.3 Å². The van der Waals surface area contributed by atoms with Crippen molar-refractivity contribution in [2.75, 3.05) is 11.9 Å². The van der Waals surface area contributed by atoms with Crippen molar-refractivity contribution in [3.63, 3.8) is 0 Å². The van der Waals surface area contributed by atoms with Gasteiger partial charge in [0.2, 0.25) is 0 Å². The second kappa shape index (κ2) is 4.98. The molecule has 3 N–H and O–H groups in total. The summed E-state index contributed by atoms with van der Waals surface area (Å²) in [6.07, 6.45) is 4.68. The fourth-order valence-corrected chi connectivity index (χ4v) is 2.57. The summed E-state index contributed by atoms with van der Waals surface area (Å²) in [6, 6.07) is 8.87. The second-order valence-electron chi connectivity index (χ2n) is 5.15. The number of nitrogens with one attached hydrogen (secondary N) is 1. The van der Waals surface area contributed by atoms with Crippen LogP contribution in [0.25, 0.3) is 11.1 Å². The minimum Gasteiger partial charge on any atom is -0.424 e. The summed E-state index contributed by atoms with van der Waals surface area (Å²) in [4.78, 5) is 4.41. The van der Waals surface area contributed by atoms with E-state index in [0.29, 0.717) is 18.0 Å². The normalized spacial score (nSPS) is 24.3. The molecule has 0 amide bonds. The van der Waals surface area contributed by atoms with E-state index in [9.17, 15) is 0 Å². The Balaban J connectivity index is 1.59. The van der Waals surface area contributed by atoms with E-state index in [1.54, 1.807) is 0 Å². The maximum Gasteiger partial charge on any atom is 0.295 e. The van der Waals surface area contributed by atoms with Gasteiger partial charge in [0.15, 0.2) is 5.58 Å². The zero-order valence-corrected chi connectivity index (χ0v) is 10.4. The Morgan fingerprint density at radius 2 is 2.00 bits per heavy atom. The summed E-state index contributed by atoms with van der Waals surface area (Å²) in [5, 5.41) is 3.30. The number of nitrogens with zero attached hydrogens (tertiary/aromatic N) is 1. The van der Waals surface area contributed by atoms with E-state index in [2.05, 4.69) is 10.3 Å². The molecule has 2 aromatic rings. The van der Waals surface area contributed by atoms with Crippen molar-refractivity contribution >= 4 is 17.1 Å². The van der Waals surface area contributed by atoms with Crippen LogP contribution < -0.4 is 11.1 Å². The van der Waals surface area contributed by atoms with Gasteiger partial charge in [-0.1, -0.05) is 12.1 Å². The van der Waals surface area contributed by atoms with Crippen LogP contribution >= 0.6 is 0 Å². The highest BCUT2D eigenvalue weighted by atomic mass is 16.4. The number of aromatic nitrogens is 1. The second-order valence-corrected chi connectivity index (χ2v) is 5.15. The molecule has 0 aliphatic heterocycles. The Morgan fingerprint density at radius 3 is 2.78 bits per heavy atom. The van der Waals surface area contributed by atoms with E-state index in [0.717, 1.165) is 30.5 Å². The van der Waals surface area contributed by atoms with Gasteiger partial charge in [-0.2, -0.15) is 4.98 Å². The summed E-state index contributed by atoms with van der Waals surface area (Å²) >= 11 is 0. The van der Waals surface area contributed by atoms with E-state index < -0.39 is 0 Å². The molecule has 0 atom stereocenters. The molecular formula is C14H19N3O. The minimum atomic E-state index is 0.408. The Labute approximate surface area is 107 Å². The standard InChI is InChI=1S/C14H19N3O/c15-11-7-5-10(6-8-11)9-16-14-17-12-3-1-2-4-13(12)18-14/h1-4,10-11H,5-9,15H2,(H,16,17). The monoisotopic (exact) mass is 245 g/mol. The third-order valence-corrected chi connectivity index (χ3v) is 3.73. The fraction of sp³-hybridized carbons (Fsp3) is 0.500. The molecule has 1 saturated carbocycles. The number of rotatable bonds is 3. The fourth-order valence-electron chi connectivity index (χ4n) is 2.57. The predicted molar refractivity (Wildman–Crippen MR) is 72.4 cm³/mol. The molecule has 1 aliphatic rings. The van der Waals surface area contributed by atoms with Crippen LogP contribution in [0.5, 0.6) is 0 Å². The van der Waals surface area contributed by atoms with Gasteiger partial charge in [0.25, 0.3) is 6.01 Å². The maximum absolute atomic E-state index is 5.90. The zero-order valence-electron chi connectivity index (χ0n) is 10.4. The van der Waals surface area contributed by atoms with Gasteiger partial charge in [-0.25, -0.2) is 0 Å². The number of anilines is 1. The average Bonchev–Trinajstić information content (AvgIpc) is 2.81. The Hall–Kier alpha value is -1.55. The van der Waals surface area contributed by atoms with Gasteiger partial charge in [0.05, 0.1) is 0 Å². The Morgan fingerprint density at radius 1 is 1.22 bits per heavy atom. The van der Waals surface area contributed by atoms with Gasteiger partial charge in [-0.05, 0) is 43.7 Å². The molecule has 1 fully saturated rings. The third-order valence-electron chi connectivity index (χ3n) is 3.73. The van der Waals surface area contributed by atoms with Crippen LogP contribution in [-0.2, 0) is 0 Å². The molecule has 96 valence electrons. The van der Waals surface area contributed by atoms with E-state index in [4.69, 9.17) is 10.2 Å². The number of hydrogen-bond donors (Lipinski definition) is 2. The van der Waals surface area contributed by atoms with Gasteiger partial charge in [-0.3, -0.25) is 0 Å². The summed E-state index contributed by atoms with van der Waals surface area (Å²) in [5.41, 5.74) is 7.65. The van der Waals surface area contributed by atoms with Crippen molar-refractivity contribution in [1.82, 2.24) is 4.98 Å². The van der Waals surface area contributed by atoms with Crippen LogP contribution in [0.4, 0.5) is 6.01 Å². The third kappa shape index (κ3) is 2.48. The molecule has 18 heavy (non-hydrogen) atoms. The zero-order chi connectivity index (χ0) is 12.4. The first-order chi connectivity index (χ1) is 8.81. The lowest BCUT2D eigenvalue weighted by molar-refractivity contribution is 0.337. The molecule has 1 aliphatic carbocycles. The highest BCUT2D eigenvalue weighted by molar-refractivity contribution is 5.74. The molecule has 0 spiro atoms. The van der Waals surface area contributed by atoms with Crippen molar-refractivity contribution in [3.05, 3.63) is 24.3 Å². The van der Waals surface area contributed by atoms with Crippen LogP contribution in [0, 0.1) is 5.92 Å². The lowest BCUT2D eigenvalue weighted by Crippen LogP contribution is -2.29.